The van der Waals surface area contributed by atoms with Crippen LogP contribution in [0.4, 0.5) is 15.9 Å². The Labute approximate surface area is 121 Å². The van der Waals surface area contributed by atoms with Crippen LogP contribution < -0.4 is 10.6 Å². The van der Waals surface area contributed by atoms with Gasteiger partial charge in [-0.05, 0) is 37.3 Å². The summed E-state index contributed by atoms with van der Waals surface area (Å²) in [6.07, 6.45) is 1.45. The van der Waals surface area contributed by atoms with Crippen molar-refractivity contribution >= 4 is 17.4 Å². The molecule has 0 bridgehead atoms. The molecule has 0 aliphatic rings. The SMILES string of the molecule is CCNc1ccc(C(=O)Nc2ccc(F)c(C#N)c2)cn1. The second kappa shape index (κ2) is 6.48. The minimum Gasteiger partial charge on any atom is -0.370 e. The number of amides is 1. The van der Waals surface area contributed by atoms with E-state index >= 15 is 0 Å². The normalized spacial score (nSPS) is 9.76. The summed E-state index contributed by atoms with van der Waals surface area (Å²) in [5.41, 5.74) is 0.613. The molecule has 0 aliphatic carbocycles. The fraction of sp³-hybridized carbons (Fsp3) is 0.133. The highest BCUT2D eigenvalue weighted by molar-refractivity contribution is 6.04. The summed E-state index contributed by atoms with van der Waals surface area (Å²) in [5, 5.41) is 14.4. The van der Waals surface area contributed by atoms with Crippen LogP contribution in [0.5, 0.6) is 0 Å². The van der Waals surface area contributed by atoms with E-state index in [9.17, 15) is 9.18 Å². The van der Waals surface area contributed by atoms with Gasteiger partial charge >= 0.3 is 0 Å². The smallest absolute Gasteiger partial charge is 0.257 e. The fourth-order valence-corrected chi connectivity index (χ4v) is 1.71. The first-order chi connectivity index (χ1) is 10.1. The second-order valence-electron chi connectivity index (χ2n) is 4.22. The van der Waals surface area contributed by atoms with Crippen LogP contribution in [0.25, 0.3) is 0 Å². The van der Waals surface area contributed by atoms with E-state index in [1.54, 1.807) is 18.2 Å². The lowest BCUT2D eigenvalue weighted by atomic mass is 10.2. The predicted molar refractivity (Wildman–Crippen MR) is 77.5 cm³/mol. The molecule has 5 nitrogen and oxygen atoms in total. The number of benzene rings is 1. The number of hydrogen-bond donors (Lipinski definition) is 2. The Hall–Kier alpha value is -2.94. The summed E-state index contributed by atoms with van der Waals surface area (Å²) in [4.78, 5) is 16.1. The standard InChI is InChI=1S/C15H13FN4O/c1-2-18-14-6-3-10(9-19-14)15(21)20-12-4-5-13(16)11(7-12)8-17/h3-7,9H,2H2,1H3,(H,18,19)(H,20,21). The number of anilines is 2. The molecule has 0 spiro atoms. The third kappa shape index (κ3) is 3.54. The lowest BCUT2D eigenvalue weighted by molar-refractivity contribution is 0.102. The van der Waals surface area contributed by atoms with E-state index in [-0.39, 0.29) is 11.5 Å². The Bertz CT molecular complexity index is 692. The Kier molecular flexibility index (Phi) is 4.46. The van der Waals surface area contributed by atoms with E-state index in [0.29, 0.717) is 17.1 Å². The molecule has 0 saturated heterocycles. The number of hydrogen-bond acceptors (Lipinski definition) is 4. The number of carbonyl (C=O) groups excluding carboxylic acids is 1. The maximum Gasteiger partial charge on any atom is 0.257 e. The molecule has 0 saturated carbocycles. The summed E-state index contributed by atoms with van der Waals surface area (Å²) >= 11 is 0. The number of carbonyl (C=O) groups is 1. The predicted octanol–water partition coefficient (Wildman–Crippen LogP) is 2.78. The number of rotatable bonds is 4. The van der Waals surface area contributed by atoms with Crippen molar-refractivity contribution in [1.29, 1.82) is 5.26 Å². The maximum atomic E-state index is 13.2. The number of pyridine rings is 1. The third-order valence-corrected chi connectivity index (χ3v) is 2.73. The molecule has 1 amide bonds. The highest BCUT2D eigenvalue weighted by atomic mass is 19.1. The first kappa shape index (κ1) is 14.5. The van der Waals surface area contributed by atoms with Gasteiger partial charge in [-0.2, -0.15) is 5.26 Å². The zero-order chi connectivity index (χ0) is 15.2. The van der Waals surface area contributed by atoms with Crippen LogP contribution in [0.3, 0.4) is 0 Å². The van der Waals surface area contributed by atoms with Gasteiger partial charge in [-0.3, -0.25) is 4.79 Å². The van der Waals surface area contributed by atoms with Crippen LogP contribution in [0.2, 0.25) is 0 Å². The highest BCUT2D eigenvalue weighted by Gasteiger charge is 2.09. The van der Waals surface area contributed by atoms with E-state index in [2.05, 4.69) is 15.6 Å². The second-order valence-corrected chi connectivity index (χ2v) is 4.22. The minimum atomic E-state index is -0.618. The summed E-state index contributed by atoms with van der Waals surface area (Å²) < 4.78 is 13.2. The zero-order valence-corrected chi connectivity index (χ0v) is 11.4. The van der Waals surface area contributed by atoms with Crippen molar-refractivity contribution in [2.45, 2.75) is 6.92 Å². The number of nitriles is 1. The first-order valence-electron chi connectivity index (χ1n) is 6.35. The average Bonchev–Trinajstić information content (AvgIpc) is 2.50. The van der Waals surface area contributed by atoms with Gasteiger partial charge in [0.25, 0.3) is 5.91 Å². The third-order valence-electron chi connectivity index (χ3n) is 2.73. The van der Waals surface area contributed by atoms with Crippen LogP contribution in [0.1, 0.15) is 22.8 Å². The number of aromatic nitrogens is 1. The molecule has 0 fully saturated rings. The molecule has 1 heterocycles. The Morgan fingerprint density at radius 2 is 2.19 bits per heavy atom. The molecule has 0 unspecified atom stereocenters. The molecule has 2 aromatic rings. The van der Waals surface area contributed by atoms with E-state index in [4.69, 9.17) is 5.26 Å². The van der Waals surface area contributed by atoms with Gasteiger partial charge in [-0.25, -0.2) is 9.37 Å². The molecule has 2 N–H and O–H groups in total. The van der Waals surface area contributed by atoms with Crippen molar-refractivity contribution in [3.8, 4) is 6.07 Å². The number of halogens is 1. The largest absolute Gasteiger partial charge is 0.370 e. The van der Waals surface area contributed by atoms with Gasteiger partial charge in [0, 0.05) is 18.4 Å². The van der Waals surface area contributed by atoms with Gasteiger partial charge in [0.15, 0.2) is 0 Å². The van der Waals surface area contributed by atoms with Crippen molar-refractivity contribution in [1.82, 2.24) is 4.98 Å². The number of nitrogens with one attached hydrogen (secondary N) is 2. The fourth-order valence-electron chi connectivity index (χ4n) is 1.71. The van der Waals surface area contributed by atoms with E-state index in [1.165, 1.54) is 18.3 Å². The lowest BCUT2D eigenvalue weighted by Gasteiger charge is -2.07. The molecular formula is C15H13FN4O. The highest BCUT2D eigenvalue weighted by Crippen LogP contribution is 2.15. The summed E-state index contributed by atoms with van der Waals surface area (Å²) in [6, 6.07) is 8.88. The van der Waals surface area contributed by atoms with Gasteiger partial charge in [0.05, 0.1) is 11.1 Å². The Balaban J connectivity index is 2.12. The van der Waals surface area contributed by atoms with Gasteiger partial charge in [-0.15, -0.1) is 0 Å². The summed E-state index contributed by atoms with van der Waals surface area (Å²) in [7, 11) is 0. The van der Waals surface area contributed by atoms with Crippen molar-refractivity contribution in [3.63, 3.8) is 0 Å². The molecule has 0 aliphatic heterocycles. The van der Waals surface area contributed by atoms with Gasteiger partial charge < -0.3 is 10.6 Å². The van der Waals surface area contributed by atoms with E-state index in [0.717, 1.165) is 12.6 Å². The Morgan fingerprint density at radius 1 is 1.38 bits per heavy atom. The topological polar surface area (TPSA) is 77.8 Å². The minimum absolute atomic E-state index is 0.117. The molecular weight excluding hydrogens is 271 g/mol. The van der Waals surface area contributed by atoms with Crippen LogP contribution in [-0.2, 0) is 0 Å². The van der Waals surface area contributed by atoms with Gasteiger partial charge in [0.2, 0.25) is 0 Å². The lowest BCUT2D eigenvalue weighted by Crippen LogP contribution is -2.12. The van der Waals surface area contributed by atoms with Crippen LogP contribution >= 0.6 is 0 Å². The zero-order valence-electron chi connectivity index (χ0n) is 11.4. The number of nitrogens with zero attached hydrogens (tertiary/aromatic N) is 2. The van der Waals surface area contributed by atoms with Crippen molar-refractivity contribution in [3.05, 3.63) is 53.5 Å². The van der Waals surface area contributed by atoms with E-state index in [1.807, 2.05) is 6.92 Å². The van der Waals surface area contributed by atoms with Crippen LogP contribution in [0, 0.1) is 17.1 Å². The molecule has 106 valence electrons. The first-order valence-corrected chi connectivity index (χ1v) is 6.35. The summed E-state index contributed by atoms with van der Waals surface area (Å²) in [5.74, 6) is -0.309. The molecule has 0 atom stereocenters. The summed E-state index contributed by atoms with van der Waals surface area (Å²) in [6.45, 7) is 2.69. The molecule has 6 heteroatoms. The van der Waals surface area contributed by atoms with Crippen molar-refractivity contribution in [2.75, 3.05) is 17.2 Å². The molecule has 21 heavy (non-hydrogen) atoms. The molecule has 0 radical (unpaired) electrons. The van der Waals surface area contributed by atoms with E-state index < -0.39 is 5.82 Å². The molecule has 2 rings (SSSR count). The van der Waals surface area contributed by atoms with Gasteiger partial charge in [0.1, 0.15) is 17.7 Å². The van der Waals surface area contributed by atoms with Crippen molar-refractivity contribution in [2.24, 2.45) is 0 Å². The Morgan fingerprint density at radius 3 is 2.81 bits per heavy atom. The van der Waals surface area contributed by atoms with Crippen molar-refractivity contribution < 1.29 is 9.18 Å². The molecule has 1 aromatic heterocycles. The van der Waals surface area contributed by atoms with Crippen LogP contribution in [-0.4, -0.2) is 17.4 Å². The molecule has 1 aromatic carbocycles. The van der Waals surface area contributed by atoms with Crippen LogP contribution in [0.15, 0.2) is 36.5 Å². The monoisotopic (exact) mass is 284 g/mol. The quantitative estimate of drug-likeness (QED) is 0.905. The maximum absolute atomic E-state index is 13.2. The average molecular weight is 284 g/mol. The van der Waals surface area contributed by atoms with Gasteiger partial charge in [-0.1, -0.05) is 0 Å².